The van der Waals surface area contributed by atoms with E-state index in [1.807, 2.05) is 0 Å². The van der Waals surface area contributed by atoms with Gasteiger partial charge in [-0.05, 0) is 36.0 Å². The Labute approximate surface area is 95.4 Å². The molecule has 1 aromatic rings. The van der Waals surface area contributed by atoms with E-state index in [0.717, 1.165) is 13.2 Å². The molecule has 1 nitrogen and oxygen atoms in total. The zero-order valence-corrected chi connectivity index (χ0v) is 9.52. The fourth-order valence-electron chi connectivity index (χ4n) is 2.57. The average molecular weight is 223 g/mol. The van der Waals surface area contributed by atoms with Crippen molar-refractivity contribution in [1.29, 1.82) is 0 Å². The molecular weight excluding hydrogens is 208 g/mol. The van der Waals surface area contributed by atoms with Crippen molar-refractivity contribution in [3.63, 3.8) is 0 Å². The summed E-state index contributed by atoms with van der Waals surface area (Å²) in [5.74, 6) is 0.672. The van der Waals surface area contributed by atoms with Crippen LogP contribution < -0.4 is 0 Å². The first-order valence-electron chi connectivity index (χ1n) is 5.60. The van der Waals surface area contributed by atoms with Gasteiger partial charge in [-0.3, -0.25) is 0 Å². The number of benzene rings is 1. The van der Waals surface area contributed by atoms with Gasteiger partial charge >= 0.3 is 0 Å². The molecule has 0 atom stereocenters. The number of hydrogen-bond acceptors (Lipinski definition) is 1. The number of ether oxygens (including phenoxy) is 1. The van der Waals surface area contributed by atoms with E-state index in [2.05, 4.69) is 18.2 Å². The van der Waals surface area contributed by atoms with Crippen LogP contribution in [0.15, 0.2) is 18.2 Å². The summed E-state index contributed by atoms with van der Waals surface area (Å²) in [6.45, 7) is 1.57. The molecule has 2 aliphatic rings. The van der Waals surface area contributed by atoms with Crippen LogP contribution in [0.3, 0.4) is 0 Å². The Morgan fingerprint density at radius 1 is 1.20 bits per heavy atom. The first-order chi connectivity index (χ1) is 7.34. The standard InChI is InChI=1S/C13H15ClO/c14-7-13(8-15-9-13)12-5-4-10-2-1-3-11(10)6-12/h4-6H,1-3,7-9H2. The van der Waals surface area contributed by atoms with Crippen molar-refractivity contribution in [3.8, 4) is 0 Å². The molecule has 0 amide bonds. The number of fused-ring (bicyclic) bond motifs is 1. The van der Waals surface area contributed by atoms with Gasteiger partial charge in [0.2, 0.25) is 0 Å². The molecule has 1 heterocycles. The maximum absolute atomic E-state index is 6.07. The van der Waals surface area contributed by atoms with Gasteiger partial charge in [-0.1, -0.05) is 18.2 Å². The van der Waals surface area contributed by atoms with Crippen LogP contribution in [0.4, 0.5) is 0 Å². The van der Waals surface area contributed by atoms with Crippen LogP contribution in [0.25, 0.3) is 0 Å². The normalized spacial score (nSPS) is 22.2. The van der Waals surface area contributed by atoms with Crippen molar-refractivity contribution in [2.75, 3.05) is 19.1 Å². The molecule has 1 saturated heterocycles. The van der Waals surface area contributed by atoms with Gasteiger partial charge in [-0.15, -0.1) is 11.6 Å². The molecule has 80 valence electrons. The second-order valence-corrected chi connectivity index (χ2v) is 5.01. The molecule has 0 aromatic heterocycles. The summed E-state index contributed by atoms with van der Waals surface area (Å²) in [5.41, 5.74) is 4.55. The van der Waals surface area contributed by atoms with Crippen molar-refractivity contribution >= 4 is 11.6 Å². The van der Waals surface area contributed by atoms with E-state index in [-0.39, 0.29) is 5.41 Å². The Balaban J connectivity index is 1.98. The third-order valence-corrected chi connectivity index (χ3v) is 4.23. The third kappa shape index (κ3) is 1.41. The summed E-state index contributed by atoms with van der Waals surface area (Å²) in [6, 6.07) is 6.88. The second-order valence-electron chi connectivity index (χ2n) is 4.74. The van der Waals surface area contributed by atoms with E-state index < -0.39 is 0 Å². The predicted octanol–water partition coefficient (Wildman–Crippen LogP) is 2.68. The maximum Gasteiger partial charge on any atom is 0.0597 e. The van der Waals surface area contributed by atoms with E-state index in [1.54, 1.807) is 0 Å². The number of rotatable bonds is 2. The van der Waals surface area contributed by atoms with Crippen LogP contribution in [0.1, 0.15) is 23.1 Å². The first-order valence-corrected chi connectivity index (χ1v) is 6.13. The molecule has 2 heteroatoms. The smallest absolute Gasteiger partial charge is 0.0597 e. The van der Waals surface area contributed by atoms with Gasteiger partial charge in [-0.2, -0.15) is 0 Å². The molecule has 0 N–H and O–H groups in total. The molecule has 15 heavy (non-hydrogen) atoms. The van der Waals surface area contributed by atoms with Crippen molar-refractivity contribution in [2.24, 2.45) is 0 Å². The molecule has 1 aromatic carbocycles. The monoisotopic (exact) mass is 222 g/mol. The quantitative estimate of drug-likeness (QED) is 0.700. The minimum atomic E-state index is 0.110. The Morgan fingerprint density at radius 3 is 2.67 bits per heavy atom. The molecule has 0 radical (unpaired) electrons. The Bertz CT molecular complexity index is 377. The van der Waals surface area contributed by atoms with Crippen molar-refractivity contribution in [2.45, 2.75) is 24.7 Å². The highest BCUT2D eigenvalue weighted by molar-refractivity contribution is 6.18. The number of halogens is 1. The van der Waals surface area contributed by atoms with E-state index in [9.17, 15) is 0 Å². The van der Waals surface area contributed by atoms with Gasteiger partial charge in [0, 0.05) is 5.88 Å². The Morgan fingerprint density at radius 2 is 2.00 bits per heavy atom. The summed E-state index contributed by atoms with van der Waals surface area (Å²) in [7, 11) is 0. The summed E-state index contributed by atoms with van der Waals surface area (Å²) in [4.78, 5) is 0. The molecular formula is C13H15ClO. The maximum atomic E-state index is 6.07. The van der Waals surface area contributed by atoms with Crippen molar-refractivity contribution in [1.82, 2.24) is 0 Å². The summed E-state index contributed by atoms with van der Waals surface area (Å²) < 4.78 is 5.32. The van der Waals surface area contributed by atoms with Gasteiger partial charge < -0.3 is 4.74 Å². The Hall–Kier alpha value is -0.530. The van der Waals surface area contributed by atoms with E-state index in [1.165, 1.54) is 36.0 Å². The average Bonchev–Trinajstić information content (AvgIpc) is 2.64. The van der Waals surface area contributed by atoms with Gasteiger partial charge in [0.25, 0.3) is 0 Å². The lowest BCUT2D eigenvalue weighted by molar-refractivity contribution is -0.0480. The van der Waals surface area contributed by atoms with Crippen molar-refractivity contribution < 1.29 is 4.74 Å². The predicted molar refractivity (Wildman–Crippen MR) is 61.7 cm³/mol. The molecule has 1 aliphatic heterocycles. The Kier molecular flexibility index (Phi) is 2.26. The highest BCUT2D eigenvalue weighted by Crippen LogP contribution is 2.36. The van der Waals surface area contributed by atoms with Crippen molar-refractivity contribution in [3.05, 3.63) is 34.9 Å². The zero-order chi connectivity index (χ0) is 10.3. The lowest BCUT2D eigenvalue weighted by Crippen LogP contribution is -2.48. The van der Waals surface area contributed by atoms with Crippen LogP contribution in [-0.2, 0) is 23.0 Å². The number of alkyl halides is 1. The SMILES string of the molecule is ClCC1(c2ccc3c(c2)CCC3)COC1. The number of hydrogen-bond donors (Lipinski definition) is 0. The largest absolute Gasteiger partial charge is 0.379 e. The third-order valence-electron chi connectivity index (χ3n) is 3.72. The molecule has 0 spiro atoms. The van der Waals surface area contributed by atoms with Gasteiger partial charge in [0.15, 0.2) is 0 Å². The van der Waals surface area contributed by atoms with Crippen LogP contribution in [0, 0.1) is 0 Å². The zero-order valence-electron chi connectivity index (χ0n) is 8.76. The van der Waals surface area contributed by atoms with Gasteiger partial charge in [0.05, 0.1) is 18.6 Å². The van der Waals surface area contributed by atoms with Crippen LogP contribution in [0.2, 0.25) is 0 Å². The minimum absolute atomic E-state index is 0.110. The molecule has 1 fully saturated rings. The van der Waals surface area contributed by atoms with Gasteiger partial charge in [0.1, 0.15) is 0 Å². The van der Waals surface area contributed by atoms with Crippen LogP contribution in [-0.4, -0.2) is 19.1 Å². The lowest BCUT2D eigenvalue weighted by Gasteiger charge is -2.40. The summed E-state index contributed by atoms with van der Waals surface area (Å²) >= 11 is 6.07. The minimum Gasteiger partial charge on any atom is -0.379 e. The van der Waals surface area contributed by atoms with E-state index in [4.69, 9.17) is 16.3 Å². The molecule has 0 unspecified atom stereocenters. The first kappa shape index (κ1) is 9.68. The fraction of sp³-hybridized carbons (Fsp3) is 0.538. The van der Waals surface area contributed by atoms with E-state index >= 15 is 0 Å². The molecule has 0 saturated carbocycles. The highest BCUT2D eigenvalue weighted by atomic mass is 35.5. The summed E-state index contributed by atoms with van der Waals surface area (Å²) in [6.07, 6.45) is 3.80. The van der Waals surface area contributed by atoms with Gasteiger partial charge in [-0.25, -0.2) is 0 Å². The van der Waals surface area contributed by atoms with E-state index in [0.29, 0.717) is 5.88 Å². The molecule has 1 aliphatic carbocycles. The van der Waals surface area contributed by atoms with Crippen LogP contribution >= 0.6 is 11.6 Å². The topological polar surface area (TPSA) is 9.23 Å². The number of aryl methyl sites for hydroxylation is 2. The second kappa shape index (κ2) is 3.50. The summed E-state index contributed by atoms with van der Waals surface area (Å²) in [5, 5.41) is 0. The highest BCUT2D eigenvalue weighted by Gasteiger charge is 2.39. The fourth-order valence-corrected chi connectivity index (χ4v) is 2.88. The molecule has 0 bridgehead atoms. The lowest BCUT2D eigenvalue weighted by atomic mass is 9.79. The molecule has 3 rings (SSSR count). The van der Waals surface area contributed by atoms with Crippen LogP contribution in [0.5, 0.6) is 0 Å².